The Morgan fingerprint density at radius 2 is 1.90 bits per heavy atom. The van der Waals surface area contributed by atoms with Crippen LogP contribution in [-0.4, -0.2) is 53.2 Å². The fourth-order valence-electron chi connectivity index (χ4n) is 5.46. The van der Waals surface area contributed by atoms with E-state index in [-0.39, 0.29) is 19.3 Å². The van der Waals surface area contributed by atoms with Crippen LogP contribution in [0.25, 0.3) is 0 Å². The van der Waals surface area contributed by atoms with Crippen LogP contribution >= 0.6 is 11.6 Å². The average Bonchev–Trinajstić information content (AvgIpc) is 3.71. The molecule has 2 aliphatic rings. The number of carbonyl (C=O) groups is 2. The first-order valence-corrected chi connectivity index (χ1v) is 14.1. The minimum Gasteiger partial charge on any atom is -0.493 e. The topological polar surface area (TPSA) is 88.1 Å². The van der Waals surface area contributed by atoms with Crippen molar-refractivity contribution < 1.29 is 33.0 Å². The summed E-state index contributed by atoms with van der Waals surface area (Å²) in [4.78, 5) is 27.0. The standard InChI is InChI=1S/C30H37ClF2N2O5/c1-5-39-26-18(2)24(11-12-25(26)21-9-10-21)19(3)35(13-14-40-20(4)22-7-6-8-23(31)15-22)28(38)34-29(27(36)37)16-30(32,33)17-29/h6-8,11-12,15,19-21H,5,9-10,13-14,16-17H2,1-4H3,(H,34,38)(H,36,37)/t19-,20-/m1/s1. The molecule has 218 valence electrons. The van der Waals surface area contributed by atoms with E-state index in [1.165, 1.54) is 4.90 Å². The lowest BCUT2D eigenvalue weighted by molar-refractivity contribution is -0.175. The highest BCUT2D eigenvalue weighted by Crippen LogP contribution is 2.48. The number of carbonyl (C=O) groups excluding carboxylic acids is 1. The van der Waals surface area contributed by atoms with Crippen molar-refractivity contribution in [3.63, 3.8) is 0 Å². The second-order valence-electron chi connectivity index (χ2n) is 10.9. The molecular formula is C30H37ClF2N2O5. The third-order valence-corrected chi connectivity index (χ3v) is 8.09. The highest BCUT2D eigenvalue weighted by molar-refractivity contribution is 6.30. The van der Waals surface area contributed by atoms with Crippen LogP contribution in [0.15, 0.2) is 36.4 Å². The van der Waals surface area contributed by atoms with Gasteiger partial charge in [0.1, 0.15) is 5.75 Å². The molecule has 0 heterocycles. The molecule has 0 unspecified atom stereocenters. The second-order valence-corrected chi connectivity index (χ2v) is 11.3. The Hall–Kier alpha value is -2.91. The fourth-order valence-corrected chi connectivity index (χ4v) is 5.65. The lowest BCUT2D eigenvalue weighted by atomic mass is 9.73. The average molecular weight is 579 g/mol. The summed E-state index contributed by atoms with van der Waals surface area (Å²) in [5.74, 6) is -3.35. The number of ether oxygens (including phenoxy) is 2. The molecule has 2 aromatic rings. The van der Waals surface area contributed by atoms with Crippen LogP contribution in [0.1, 0.15) is 86.8 Å². The maximum atomic E-state index is 13.8. The number of urea groups is 1. The minimum absolute atomic E-state index is 0.0950. The van der Waals surface area contributed by atoms with Crippen LogP contribution in [0.5, 0.6) is 5.75 Å². The molecule has 0 aromatic heterocycles. The first-order valence-electron chi connectivity index (χ1n) is 13.7. The van der Waals surface area contributed by atoms with Crippen molar-refractivity contribution in [1.82, 2.24) is 10.2 Å². The van der Waals surface area contributed by atoms with E-state index >= 15 is 0 Å². The van der Waals surface area contributed by atoms with Crippen LogP contribution in [0.3, 0.4) is 0 Å². The lowest BCUT2D eigenvalue weighted by Crippen LogP contribution is -2.68. The molecule has 7 nitrogen and oxygen atoms in total. The Bertz CT molecular complexity index is 1240. The van der Waals surface area contributed by atoms with Gasteiger partial charge < -0.3 is 24.8 Å². The Balaban J connectivity index is 1.58. The van der Waals surface area contributed by atoms with Crippen molar-refractivity contribution in [3.8, 4) is 5.75 Å². The van der Waals surface area contributed by atoms with E-state index in [4.69, 9.17) is 21.1 Å². The number of nitrogens with zero attached hydrogens (tertiary/aromatic N) is 1. The zero-order valence-electron chi connectivity index (χ0n) is 23.3. The van der Waals surface area contributed by atoms with E-state index in [1.54, 1.807) is 12.1 Å². The predicted molar refractivity (Wildman–Crippen MR) is 148 cm³/mol. The van der Waals surface area contributed by atoms with Gasteiger partial charge >= 0.3 is 12.0 Å². The van der Waals surface area contributed by atoms with Crippen molar-refractivity contribution in [1.29, 1.82) is 0 Å². The maximum absolute atomic E-state index is 13.8. The SMILES string of the molecule is CCOc1c(C2CC2)ccc([C@@H](C)N(CCO[C@H](C)c2cccc(Cl)c2)C(=O)NC2(C(=O)O)CC(F)(F)C2)c1C. The van der Waals surface area contributed by atoms with Gasteiger partial charge in [0.15, 0.2) is 5.54 Å². The summed E-state index contributed by atoms with van der Waals surface area (Å²) in [7, 11) is 0. The molecule has 2 atom stereocenters. The lowest BCUT2D eigenvalue weighted by Gasteiger charge is -2.45. The Morgan fingerprint density at radius 3 is 2.48 bits per heavy atom. The van der Waals surface area contributed by atoms with Gasteiger partial charge in [-0.25, -0.2) is 18.4 Å². The number of carboxylic acid groups (broad SMARTS) is 1. The highest BCUT2D eigenvalue weighted by Gasteiger charge is 2.62. The quantitative estimate of drug-likeness (QED) is 0.282. The zero-order valence-corrected chi connectivity index (χ0v) is 24.1. The molecular weight excluding hydrogens is 542 g/mol. The number of rotatable bonds is 12. The van der Waals surface area contributed by atoms with Crippen LogP contribution in [0.4, 0.5) is 13.6 Å². The highest BCUT2D eigenvalue weighted by atomic mass is 35.5. The molecule has 0 spiro atoms. The van der Waals surface area contributed by atoms with Gasteiger partial charge in [-0.3, -0.25) is 0 Å². The molecule has 0 radical (unpaired) electrons. The number of hydrogen-bond acceptors (Lipinski definition) is 4. The van der Waals surface area contributed by atoms with Crippen molar-refractivity contribution in [2.24, 2.45) is 0 Å². The normalized spacial score (nSPS) is 18.8. The molecule has 2 saturated carbocycles. The van der Waals surface area contributed by atoms with E-state index in [0.717, 1.165) is 40.8 Å². The second kappa shape index (κ2) is 11.9. The van der Waals surface area contributed by atoms with Crippen LogP contribution in [-0.2, 0) is 9.53 Å². The van der Waals surface area contributed by atoms with E-state index < -0.39 is 42.3 Å². The van der Waals surface area contributed by atoms with E-state index in [0.29, 0.717) is 17.5 Å². The van der Waals surface area contributed by atoms with Gasteiger partial charge in [-0.15, -0.1) is 0 Å². The van der Waals surface area contributed by atoms with E-state index in [9.17, 15) is 23.5 Å². The maximum Gasteiger partial charge on any atom is 0.329 e. The molecule has 2 N–H and O–H groups in total. The van der Waals surface area contributed by atoms with Gasteiger partial charge in [0.25, 0.3) is 5.92 Å². The van der Waals surface area contributed by atoms with Gasteiger partial charge in [-0.2, -0.15) is 0 Å². The summed E-state index contributed by atoms with van der Waals surface area (Å²) in [6.07, 6.45) is -0.0107. The number of benzene rings is 2. The summed E-state index contributed by atoms with van der Waals surface area (Å²) in [5.41, 5.74) is 1.72. The molecule has 2 aromatic carbocycles. The van der Waals surface area contributed by atoms with Gasteiger partial charge in [-0.1, -0.05) is 35.9 Å². The Morgan fingerprint density at radius 1 is 1.20 bits per heavy atom. The van der Waals surface area contributed by atoms with E-state index in [1.807, 2.05) is 52.0 Å². The molecule has 2 amide bonds. The number of halogens is 3. The monoisotopic (exact) mass is 578 g/mol. The number of alkyl halides is 2. The van der Waals surface area contributed by atoms with Crippen molar-refractivity contribution >= 4 is 23.6 Å². The van der Waals surface area contributed by atoms with Crippen molar-refractivity contribution in [2.75, 3.05) is 19.8 Å². The first-order chi connectivity index (χ1) is 18.9. The summed E-state index contributed by atoms with van der Waals surface area (Å²) < 4.78 is 39.5. The van der Waals surface area contributed by atoms with Gasteiger partial charge in [0.2, 0.25) is 0 Å². The summed E-state index contributed by atoms with van der Waals surface area (Å²) in [5, 5.41) is 12.7. The molecule has 2 fully saturated rings. The number of amides is 2. The van der Waals surface area contributed by atoms with Crippen molar-refractivity contribution in [2.45, 2.75) is 82.9 Å². The Kier molecular flexibility index (Phi) is 8.95. The number of nitrogens with one attached hydrogen (secondary N) is 1. The van der Waals surface area contributed by atoms with Crippen LogP contribution in [0, 0.1) is 6.92 Å². The molecule has 0 aliphatic heterocycles. The number of hydrogen-bond donors (Lipinski definition) is 2. The van der Waals surface area contributed by atoms with Crippen LogP contribution < -0.4 is 10.1 Å². The number of carboxylic acids is 1. The van der Waals surface area contributed by atoms with E-state index in [2.05, 4.69) is 5.32 Å². The molecule has 0 saturated heterocycles. The third-order valence-electron chi connectivity index (χ3n) is 7.86. The third kappa shape index (κ3) is 6.52. The molecule has 10 heteroatoms. The van der Waals surface area contributed by atoms with Gasteiger partial charge in [-0.05, 0) is 80.8 Å². The van der Waals surface area contributed by atoms with Gasteiger partial charge in [0.05, 0.1) is 25.4 Å². The summed E-state index contributed by atoms with van der Waals surface area (Å²) >= 11 is 6.11. The van der Waals surface area contributed by atoms with Crippen LogP contribution in [0.2, 0.25) is 5.02 Å². The predicted octanol–water partition coefficient (Wildman–Crippen LogP) is 7.03. The summed E-state index contributed by atoms with van der Waals surface area (Å²) in [6.45, 7) is 8.28. The molecule has 2 aliphatic carbocycles. The zero-order chi connectivity index (χ0) is 29.2. The molecule has 4 rings (SSSR count). The number of aliphatic carboxylic acids is 1. The minimum atomic E-state index is -3.14. The van der Waals surface area contributed by atoms with Gasteiger partial charge in [0, 0.05) is 24.4 Å². The largest absolute Gasteiger partial charge is 0.493 e. The van der Waals surface area contributed by atoms with Crippen molar-refractivity contribution in [3.05, 3.63) is 63.7 Å². The Labute approximate surface area is 238 Å². The fraction of sp³-hybridized carbons (Fsp3) is 0.533. The molecule has 0 bridgehead atoms. The smallest absolute Gasteiger partial charge is 0.329 e. The molecule has 40 heavy (non-hydrogen) atoms. The first kappa shape index (κ1) is 30.1. The summed E-state index contributed by atoms with van der Waals surface area (Å²) in [6, 6.07) is 10.0.